The number of nitrogens with zero attached hydrogens (tertiary/aromatic N) is 6. The zero-order valence-corrected chi connectivity index (χ0v) is 57.6. The number of nitrogens with one attached hydrogen (secondary N) is 6. The minimum absolute atomic E-state index is 0.00210. The maximum atomic E-state index is 15.5. The summed E-state index contributed by atoms with van der Waals surface area (Å²) in [6.07, 6.45) is 6.42. The number of ether oxygens (including phenoxy) is 2. The number of Topliss-reactive ketones (excluding diaryl/α,β-unsaturated/α-hetero) is 1. The third kappa shape index (κ3) is 21.4. The fourth-order valence-electron chi connectivity index (χ4n) is 11.6. The lowest BCUT2D eigenvalue weighted by Gasteiger charge is -2.30. The topological polar surface area (TPSA) is 288 Å². The summed E-state index contributed by atoms with van der Waals surface area (Å²) >= 11 is 0. The molecule has 514 valence electrons. The van der Waals surface area contributed by atoms with Crippen LogP contribution in [0.1, 0.15) is 163 Å². The predicted molar refractivity (Wildman–Crippen MR) is 364 cm³/mol. The van der Waals surface area contributed by atoms with Crippen LogP contribution in [0.5, 0.6) is 0 Å². The van der Waals surface area contributed by atoms with Crippen LogP contribution in [0.3, 0.4) is 0 Å². The van der Waals surface area contributed by atoms with Crippen molar-refractivity contribution in [1.29, 1.82) is 0 Å². The van der Waals surface area contributed by atoms with E-state index in [1.165, 1.54) is 16.1 Å². The van der Waals surface area contributed by atoms with Crippen LogP contribution in [0, 0.1) is 11.8 Å². The predicted octanol–water partition coefficient (Wildman–Crippen LogP) is 8.68. The third-order valence-corrected chi connectivity index (χ3v) is 17.1. The van der Waals surface area contributed by atoms with E-state index in [9.17, 15) is 28.8 Å². The second-order valence-electron chi connectivity index (χ2n) is 27.5. The number of ketones is 1. The summed E-state index contributed by atoms with van der Waals surface area (Å²) in [4.78, 5) is 132. The maximum Gasteiger partial charge on any atom is 0.419 e. The summed E-state index contributed by atoms with van der Waals surface area (Å²) in [6, 6.07) is 19.8. The Morgan fingerprint density at radius 3 is 1.51 bits per heavy atom. The molecule has 23 nitrogen and oxygen atoms in total. The van der Waals surface area contributed by atoms with Crippen molar-refractivity contribution < 1.29 is 52.6 Å². The van der Waals surface area contributed by atoms with E-state index in [4.69, 9.17) is 9.47 Å². The van der Waals surface area contributed by atoms with Crippen molar-refractivity contribution in [2.45, 2.75) is 220 Å². The number of aryl methyl sites for hydroxylation is 1. The molecule has 23 heteroatoms. The Balaban J connectivity index is 1.23. The number of benzene rings is 3. The molecule has 1 saturated heterocycles. The zero-order valence-electron chi connectivity index (χ0n) is 57.6. The molecule has 7 atom stereocenters. The highest BCUT2D eigenvalue weighted by Crippen LogP contribution is 2.26. The van der Waals surface area contributed by atoms with Gasteiger partial charge in [0.1, 0.15) is 35.4 Å². The summed E-state index contributed by atoms with van der Waals surface area (Å²) in [5.74, 6) is -4.20. The molecule has 4 heterocycles. The smallest absolute Gasteiger partial charge is 0.419 e. The second kappa shape index (κ2) is 34.1. The van der Waals surface area contributed by atoms with Crippen molar-refractivity contribution in [2.24, 2.45) is 11.8 Å². The van der Waals surface area contributed by atoms with Crippen molar-refractivity contribution in [3.05, 3.63) is 120 Å². The summed E-state index contributed by atoms with van der Waals surface area (Å²) in [7, 11) is 1.75. The van der Waals surface area contributed by atoms with Gasteiger partial charge in [-0.05, 0) is 136 Å². The molecule has 6 amide bonds. The molecule has 0 saturated carbocycles. The number of fused-ring (bicyclic) bond motifs is 2. The maximum absolute atomic E-state index is 15.5. The highest BCUT2D eigenvalue weighted by atomic mass is 16.6. The zero-order chi connectivity index (χ0) is 69.1. The molecule has 1 aliphatic rings. The molecule has 3 aromatic carbocycles. The quantitative estimate of drug-likeness (QED) is 0.0222. The molecule has 0 aliphatic carbocycles. The van der Waals surface area contributed by atoms with Crippen LogP contribution in [0.15, 0.2) is 97.2 Å². The van der Waals surface area contributed by atoms with Crippen LogP contribution in [0.2, 0.25) is 0 Å². The average Bonchev–Trinajstić information content (AvgIpc) is 1.66. The van der Waals surface area contributed by atoms with Crippen molar-refractivity contribution >= 4 is 75.2 Å². The van der Waals surface area contributed by atoms with Crippen LogP contribution in [0.25, 0.3) is 21.8 Å². The molecule has 7 rings (SSSR count). The Hall–Kier alpha value is -8.73. The van der Waals surface area contributed by atoms with Crippen molar-refractivity contribution in [2.75, 3.05) is 20.1 Å². The van der Waals surface area contributed by atoms with Gasteiger partial charge in [0.05, 0.1) is 28.8 Å². The number of likely N-dealkylation sites (tertiary alicyclic amines) is 1. The van der Waals surface area contributed by atoms with Gasteiger partial charge < -0.3 is 46.3 Å². The number of unbranched alkanes of at least 4 members (excludes halogenated alkanes) is 3. The molecular formula is C72H100N12O11. The van der Waals surface area contributed by atoms with Gasteiger partial charge >= 0.3 is 12.2 Å². The van der Waals surface area contributed by atoms with Crippen molar-refractivity contribution in [3.8, 4) is 0 Å². The summed E-state index contributed by atoms with van der Waals surface area (Å²) in [6.45, 7) is 21.2. The number of para-hydroxylation sites is 2. The molecule has 1 fully saturated rings. The van der Waals surface area contributed by atoms with E-state index in [1.807, 2.05) is 49.9 Å². The normalized spacial score (nSPS) is 15.0. The van der Waals surface area contributed by atoms with E-state index >= 15 is 14.4 Å². The molecule has 95 heavy (non-hydrogen) atoms. The lowest BCUT2D eigenvalue weighted by molar-refractivity contribution is -0.135. The third-order valence-electron chi connectivity index (χ3n) is 17.1. The standard InChI is InChI=1S/C72H100N12O11/c1-13-14-17-32-55(74-63(86)47(4)46(2)3)64(87)78-59(44-54-41-51-31-21-23-35-62(51)84(54)70(93)95-72(9,10)11)67(90)75-56(33-24-27-38-82-45-52(79-80-82)42-60(73-12)68(91)81-36-25-16-26-37-81)65(88)77-58(39-49-28-18-15-19-29-49)66(89)76-57(48(5)85)43-53-40-50-30-20-22-34-61(50)83(53)69(92)94-71(6,7)8/h15,18-23,28-31,34-35,40-41,45-47,55-60,73H,13-14,16-17,24-27,32-33,36-39,42-44H2,1-12H3,(H,74,86)(H,75,90)(H,76,89)(H,77,88)(H,78,87). The molecule has 0 bridgehead atoms. The van der Waals surface area contributed by atoms with E-state index in [0.717, 1.165) is 32.1 Å². The average molecular weight is 1310 g/mol. The minimum atomic E-state index is -1.48. The van der Waals surface area contributed by atoms with Gasteiger partial charge in [0.2, 0.25) is 35.4 Å². The lowest BCUT2D eigenvalue weighted by atomic mass is 9.96. The first-order valence-corrected chi connectivity index (χ1v) is 33.7. The highest BCUT2D eigenvalue weighted by molar-refractivity contribution is 5.98. The van der Waals surface area contributed by atoms with Gasteiger partial charge in [-0.3, -0.25) is 38.2 Å². The number of hydrogen-bond acceptors (Lipinski definition) is 14. The molecule has 7 unspecified atom stereocenters. The SMILES string of the molecule is CCCCCC(NC(=O)C(C)C(C)C)C(=O)NC(Cc1cc2ccccc2n1C(=O)OC(C)(C)C)C(=O)NC(CCCCn1cc(CC(NC)C(=O)N2CCCCC2)nn1)C(=O)NC(Cc1ccccc1)C(=O)NC(Cc1cc2ccccc2n1C(=O)OC(C)(C)C)C(C)=O. The van der Waals surface area contributed by atoms with Crippen LogP contribution in [-0.2, 0) is 75.3 Å². The van der Waals surface area contributed by atoms with Gasteiger partial charge in [-0.25, -0.2) is 18.7 Å². The van der Waals surface area contributed by atoms with E-state index in [0.29, 0.717) is 89.8 Å². The van der Waals surface area contributed by atoms with E-state index < -0.39 is 95.0 Å². The van der Waals surface area contributed by atoms with Gasteiger partial charge in [-0.2, -0.15) is 0 Å². The van der Waals surface area contributed by atoms with E-state index in [1.54, 1.807) is 133 Å². The molecule has 0 spiro atoms. The fraction of sp³-hybridized carbons (Fsp3) is 0.542. The molecule has 6 N–H and O–H groups in total. The number of amides is 6. The Morgan fingerprint density at radius 1 is 0.537 bits per heavy atom. The Bertz CT molecular complexity index is 3610. The number of carbonyl (C=O) groups is 9. The highest BCUT2D eigenvalue weighted by Gasteiger charge is 2.36. The van der Waals surface area contributed by atoms with Gasteiger partial charge in [0.25, 0.3) is 0 Å². The van der Waals surface area contributed by atoms with Gasteiger partial charge in [-0.15, -0.1) is 5.10 Å². The summed E-state index contributed by atoms with van der Waals surface area (Å²) in [5, 5.41) is 27.9. The molecule has 6 aromatic rings. The van der Waals surface area contributed by atoms with Gasteiger partial charge in [-0.1, -0.05) is 119 Å². The Kier molecular flexibility index (Phi) is 26.4. The van der Waals surface area contributed by atoms with E-state index in [-0.39, 0.29) is 49.8 Å². The second-order valence-corrected chi connectivity index (χ2v) is 27.5. The number of carbonyl (C=O) groups excluding carboxylic acids is 9. The van der Waals surface area contributed by atoms with E-state index in [2.05, 4.69) is 42.2 Å². The number of rotatable bonds is 31. The lowest BCUT2D eigenvalue weighted by Crippen LogP contribution is -2.59. The first-order valence-electron chi connectivity index (χ1n) is 33.7. The van der Waals surface area contributed by atoms with Gasteiger partial charge in [0.15, 0.2) is 5.78 Å². The molecule has 1 aliphatic heterocycles. The largest absolute Gasteiger partial charge is 0.443 e. The Morgan fingerprint density at radius 2 is 1.00 bits per heavy atom. The summed E-state index contributed by atoms with van der Waals surface area (Å²) in [5.41, 5.74) is 1.21. The number of aromatic nitrogens is 5. The fourth-order valence-corrected chi connectivity index (χ4v) is 11.6. The monoisotopic (exact) mass is 1310 g/mol. The number of hydrogen-bond donors (Lipinski definition) is 6. The number of likely N-dealkylation sites (N-methyl/N-ethyl adjacent to an activating group) is 1. The summed E-state index contributed by atoms with van der Waals surface area (Å²) < 4.78 is 16.1. The van der Waals surface area contributed by atoms with Gasteiger partial charge in [0, 0.05) is 79.6 Å². The first kappa shape index (κ1) is 73.7. The molecule has 0 radical (unpaired) electrons. The Labute approximate surface area is 558 Å². The van der Waals surface area contributed by atoms with Crippen molar-refractivity contribution in [3.63, 3.8) is 0 Å². The van der Waals surface area contributed by atoms with Crippen molar-refractivity contribution in [1.82, 2.24) is 60.9 Å². The first-order chi connectivity index (χ1) is 45.1. The van der Waals surface area contributed by atoms with Crippen LogP contribution in [-0.4, -0.2) is 150 Å². The number of piperidine rings is 1. The molecular weight excluding hydrogens is 1210 g/mol. The minimum Gasteiger partial charge on any atom is -0.443 e. The molecule has 3 aromatic heterocycles. The van der Waals surface area contributed by atoms with Crippen LogP contribution in [0.4, 0.5) is 9.59 Å². The van der Waals surface area contributed by atoms with Crippen LogP contribution >= 0.6 is 0 Å². The van der Waals surface area contributed by atoms with Crippen LogP contribution < -0.4 is 31.9 Å².